The second kappa shape index (κ2) is 7.90. The molecule has 0 aliphatic rings. The van der Waals surface area contributed by atoms with Gasteiger partial charge in [-0.15, -0.1) is 6.58 Å². The molecule has 0 radical (unpaired) electrons. The molecule has 0 aromatic heterocycles. The fourth-order valence-corrected chi connectivity index (χ4v) is 1.93. The lowest BCUT2D eigenvalue weighted by molar-refractivity contribution is 0.334. The highest BCUT2D eigenvalue weighted by Gasteiger charge is 2.12. The maximum atomic E-state index is 9.09. The number of nitrogens with zero attached hydrogens (tertiary/aromatic N) is 1. The van der Waals surface area contributed by atoms with E-state index in [0.29, 0.717) is 29.9 Å². The zero-order chi connectivity index (χ0) is 15.0. The predicted molar refractivity (Wildman–Crippen MR) is 77.9 cm³/mol. The van der Waals surface area contributed by atoms with Gasteiger partial charge in [0.1, 0.15) is 0 Å². The first-order valence-corrected chi connectivity index (χ1v) is 6.16. The van der Waals surface area contributed by atoms with E-state index in [0.717, 1.165) is 11.1 Å². The summed E-state index contributed by atoms with van der Waals surface area (Å²) in [5.74, 6) is 1.31. The number of allylic oxidation sites excluding steroid dienone is 2. The van der Waals surface area contributed by atoms with Crippen LogP contribution in [0.1, 0.15) is 11.1 Å². The van der Waals surface area contributed by atoms with E-state index >= 15 is 0 Å². The SMILES string of the molecule is C=CCc1cc(OC)c(OC)cc1C/C(C#N)=C/OC. The van der Waals surface area contributed by atoms with E-state index in [9.17, 15) is 0 Å². The molecule has 1 aromatic carbocycles. The largest absolute Gasteiger partial charge is 0.503 e. The molecule has 0 amide bonds. The second-order valence-electron chi connectivity index (χ2n) is 4.14. The Morgan fingerprint density at radius 1 is 1.20 bits per heavy atom. The first-order valence-electron chi connectivity index (χ1n) is 6.16. The number of hydrogen-bond acceptors (Lipinski definition) is 4. The molecule has 1 rings (SSSR count). The van der Waals surface area contributed by atoms with Gasteiger partial charge in [-0.2, -0.15) is 5.26 Å². The summed E-state index contributed by atoms with van der Waals surface area (Å²) in [4.78, 5) is 0. The average molecular weight is 273 g/mol. The van der Waals surface area contributed by atoms with Crippen molar-refractivity contribution in [2.24, 2.45) is 0 Å². The summed E-state index contributed by atoms with van der Waals surface area (Å²) in [5, 5.41) is 9.09. The third-order valence-corrected chi connectivity index (χ3v) is 2.85. The molecule has 0 fully saturated rings. The Morgan fingerprint density at radius 2 is 1.80 bits per heavy atom. The number of hydrogen-bond donors (Lipinski definition) is 0. The van der Waals surface area contributed by atoms with Gasteiger partial charge in [-0.3, -0.25) is 0 Å². The van der Waals surface area contributed by atoms with Crippen LogP contribution in [0.3, 0.4) is 0 Å². The van der Waals surface area contributed by atoms with Crippen molar-refractivity contribution in [3.05, 3.63) is 47.7 Å². The van der Waals surface area contributed by atoms with Crippen molar-refractivity contribution in [2.75, 3.05) is 21.3 Å². The molecule has 0 aliphatic heterocycles. The van der Waals surface area contributed by atoms with Gasteiger partial charge in [-0.05, 0) is 29.7 Å². The lowest BCUT2D eigenvalue weighted by Gasteiger charge is -2.14. The van der Waals surface area contributed by atoms with Gasteiger partial charge in [-0.1, -0.05) is 6.08 Å². The van der Waals surface area contributed by atoms with E-state index in [4.69, 9.17) is 19.5 Å². The number of methoxy groups -OCH3 is 3. The van der Waals surface area contributed by atoms with E-state index in [2.05, 4.69) is 12.6 Å². The average Bonchev–Trinajstić information content (AvgIpc) is 2.47. The Labute approximate surface area is 119 Å². The summed E-state index contributed by atoms with van der Waals surface area (Å²) in [7, 11) is 4.71. The van der Waals surface area contributed by atoms with Crippen LogP contribution < -0.4 is 9.47 Å². The van der Waals surface area contributed by atoms with Crippen LogP contribution in [-0.4, -0.2) is 21.3 Å². The molecular formula is C16H19NO3. The normalized spacial score (nSPS) is 10.6. The molecule has 0 bridgehead atoms. The number of ether oxygens (including phenoxy) is 3. The van der Waals surface area contributed by atoms with Gasteiger partial charge in [-0.25, -0.2) is 0 Å². The molecule has 0 atom stereocenters. The first kappa shape index (κ1) is 15.6. The Balaban J connectivity index is 3.25. The molecule has 4 nitrogen and oxygen atoms in total. The van der Waals surface area contributed by atoms with Gasteiger partial charge in [0.15, 0.2) is 11.5 Å². The molecule has 0 unspecified atom stereocenters. The highest BCUT2D eigenvalue weighted by Crippen LogP contribution is 2.32. The molecule has 20 heavy (non-hydrogen) atoms. The minimum Gasteiger partial charge on any atom is -0.503 e. The van der Waals surface area contributed by atoms with Gasteiger partial charge in [0, 0.05) is 6.42 Å². The molecule has 106 valence electrons. The summed E-state index contributed by atoms with van der Waals surface area (Å²) in [5.41, 5.74) is 2.59. The van der Waals surface area contributed by atoms with Crippen molar-refractivity contribution >= 4 is 0 Å². The van der Waals surface area contributed by atoms with Crippen LogP contribution in [0.5, 0.6) is 11.5 Å². The van der Waals surface area contributed by atoms with Crippen LogP contribution in [0, 0.1) is 11.3 Å². The highest BCUT2D eigenvalue weighted by atomic mass is 16.5. The third kappa shape index (κ3) is 3.79. The van der Waals surface area contributed by atoms with Crippen LogP contribution in [0.25, 0.3) is 0 Å². The van der Waals surface area contributed by atoms with Crippen molar-refractivity contribution in [3.8, 4) is 17.6 Å². The monoisotopic (exact) mass is 273 g/mol. The van der Waals surface area contributed by atoms with Crippen LogP contribution in [0.15, 0.2) is 36.6 Å². The molecule has 1 aromatic rings. The maximum absolute atomic E-state index is 9.09. The van der Waals surface area contributed by atoms with E-state index in [1.165, 1.54) is 13.4 Å². The molecule has 0 saturated heterocycles. The van der Waals surface area contributed by atoms with E-state index in [1.807, 2.05) is 18.2 Å². The van der Waals surface area contributed by atoms with Crippen molar-refractivity contribution in [3.63, 3.8) is 0 Å². The minimum atomic E-state index is 0.480. The summed E-state index contributed by atoms with van der Waals surface area (Å²) < 4.78 is 15.5. The number of benzene rings is 1. The molecule has 0 N–H and O–H groups in total. The smallest absolute Gasteiger partial charge is 0.161 e. The lowest BCUT2D eigenvalue weighted by Crippen LogP contribution is -2.00. The zero-order valence-corrected chi connectivity index (χ0v) is 12.1. The Morgan fingerprint density at radius 3 is 2.25 bits per heavy atom. The van der Waals surface area contributed by atoms with E-state index in [-0.39, 0.29) is 0 Å². The molecule has 0 spiro atoms. The molecule has 0 heterocycles. The van der Waals surface area contributed by atoms with Crippen LogP contribution in [0.2, 0.25) is 0 Å². The van der Waals surface area contributed by atoms with Crippen LogP contribution >= 0.6 is 0 Å². The predicted octanol–water partition coefficient (Wildman–Crippen LogP) is 3.03. The van der Waals surface area contributed by atoms with Gasteiger partial charge >= 0.3 is 0 Å². The van der Waals surface area contributed by atoms with Gasteiger partial charge in [0.05, 0.1) is 39.2 Å². The van der Waals surface area contributed by atoms with E-state index < -0.39 is 0 Å². The number of rotatable bonds is 7. The topological polar surface area (TPSA) is 51.5 Å². The summed E-state index contributed by atoms with van der Waals surface area (Å²) in [6.07, 6.45) is 4.44. The van der Waals surface area contributed by atoms with Crippen molar-refractivity contribution < 1.29 is 14.2 Å². The maximum Gasteiger partial charge on any atom is 0.161 e. The molecular weight excluding hydrogens is 254 g/mol. The standard InChI is InChI=1S/C16H19NO3/c1-5-6-13-8-15(19-3)16(20-4)9-14(13)7-12(10-17)11-18-2/h5,8-9,11H,1,6-7H2,2-4H3/b12-11-. The lowest BCUT2D eigenvalue weighted by atomic mass is 9.98. The summed E-state index contributed by atoms with van der Waals surface area (Å²) in [6.45, 7) is 3.75. The Hall–Kier alpha value is -2.41. The Kier molecular flexibility index (Phi) is 6.18. The highest BCUT2D eigenvalue weighted by molar-refractivity contribution is 5.49. The third-order valence-electron chi connectivity index (χ3n) is 2.85. The minimum absolute atomic E-state index is 0.480. The van der Waals surface area contributed by atoms with Gasteiger partial charge in [0.2, 0.25) is 0 Å². The van der Waals surface area contributed by atoms with Crippen molar-refractivity contribution in [1.82, 2.24) is 0 Å². The van der Waals surface area contributed by atoms with E-state index in [1.54, 1.807) is 14.2 Å². The number of nitriles is 1. The zero-order valence-electron chi connectivity index (χ0n) is 12.1. The fourth-order valence-electron chi connectivity index (χ4n) is 1.93. The van der Waals surface area contributed by atoms with Crippen molar-refractivity contribution in [2.45, 2.75) is 12.8 Å². The molecule has 4 heteroatoms. The summed E-state index contributed by atoms with van der Waals surface area (Å²) in [6, 6.07) is 5.93. The quantitative estimate of drug-likeness (QED) is 0.435. The fraction of sp³-hybridized carbons (Fsp3) is 0.312. The molecule has 0 aliphatic carbocycles. The van der Waals surface area contributed by atoms with Crippen LogP contribution in [-0.2, 0) is 17.6 Å². The summed E-state index contributed by atoms with van der Waals surface area (Å²) >= 11 is 0. The van der Waals surface area contributed by atoms with Gasteiger partial charge < -0.3 is 14.2 Å². The van der Waals surface area contributed by atoms with Crippen LogP contribution in [0.4, 0.5) is 0 Å². The first-order chi connectivity index (χ1) is 9.69. The Bertz CT molecular complexity index is 541. The van der Waals surface area contributed by atoms with Crippen molar-refractivity contribution in [1.29, 1.82) is 5.26 Å². The van der Waals surface area contributed by atoms with Gasteiger partial charge in [0.25, 0.3) is 0 Å². The second-order valence-corrected chi connectivity index (χ2v) is 4.14. The molecule has 0 saturated carbocycles.